The number of nitrogens with one attached hydrogen (secondary N) is 1. The molecule has 0 aliphatic carbocycles. The monoisotopic (exact) mass is 395 g/mol. The number of ether oxygens (including phenoxy) is 3. The van der Waals surface area contributed by atoms with Crippen molar-refractivity contribution in [1.82, 2.24) is 15.1 Å². The maximum atomic E-state index is 12.7. The topological polar surface area (TPSA) is 91.7 Å². The number of esters is 1. The van der Waals surface area contributed by atoms with E-state index in [4.69, 9.17) is 14.2 Å². The van der Waals surface area contributed by atoms with Crippen molar-refractivity contribution in [2.24, 2.45) is 0 Å². The average Bonchev–Trinajstić information content (AvgIpc) is 3.01. The van der Waals surface area contributed by atoms with Crippen molar-refractivity contribution in [2.45, 2.75) is 65.5 Å². The number of rotatable bonds is 8. The largest absolute Gasteiger partial charge is 0.464 e. The lowest BCUT2D eigenvalue weighted by atomic mass is 10.1. The van der Waals surface area contributed by atoms with Crippen LogP contribution in [-0.2, 0) is 38.4 Å². The van der Waals surface area contributed by atoms with Crippen LogP contribution >= 0.6 is 0 Å². The van der Waals surface area contributed by atoms with Crippen molar-refractivity contribution in [1.29, 1.82) is 0 Å². The van der Waals surface area contributed by atoms with Crippen LogP contribution in [0, 0.1) is 0 Å². The second-order valence-corrected chi connectivity index (χ2v) is 7.10. The van der Waals surface area contributed by atoms with Gasteiger partial charge in [0.15, 0.2) is 0 Å². The molecule has 158 valence electrons. The summed E-state index contributed by atoms with van der Waals surface area (Å²) in [5.74, 6) is -0.420. The van der Waals surface area contributed by atoms with Gasteiger partial charge in [0.05, 0.1) is 29.7 Å². The van der Waals surface area contributed by atoms with E-state index in [1.165, 1.54) is 0 Å². The molecule has 0 atom stereocenters. The molecule has 1 aliphatic rings. The molecule has 0 aromatic carbocycles. The van der Waals surface area contributed by atoms with Crippen LogP contribution in [0.2, 0.25) is 0 Å². The fourth-order valence-electron chi connectivity index (χ4n) is 3.09. The van der Waals surface area contributed by atoms with Gasteiger partial charge in [-0.05, 0) is 39.5 Å². The molecule has 8 heteroatoms. The van der Waals surface area contributed by atoms with Gasteiger partial charge in [0.25, 0.3) is 5.91 Å². The Bertz CT molecular complexity index is 642. The number of aryl methyl sites for hydroxylation is 2. The Kier molecular flexibility index (Phi) is 9.43. The van der Waals surface area contributed by atoms with Gasteiger partial charge in [-0.15, -0.1) is 0 Å². The predicted molar refractivity (Wildman–Crippen MR) is 104 cm³/mol. The molecule has 1 amide bonds. The molecule has 8 nitrogen and oxygen atoms in total. The Morgan fingerprint density at radius 2 is 2.11 bits per heavy atom. The van der Waals surface area contributed by atoms with Crippen molar-refractivity contribution < 1.29 is 23.8 Å². The van der Waals surface area contributed by atoms with Gasteiger partial charge >= 0.3 is 5.97 Å². The van der Waals surface area contributed by atoms with E-state index in [0.29, 0.717) is 51.3 Å². The molecular formula is C20H33N3O5. The number of carbonyl (C=O) groups is 2. The van der Waals surface area contributed by atoms with E-state index in [-0.39, 0.29) is 24.6 Å². The van der Waals surface area contributed by atoms with Gasteiger partial charge in [-0.25, -0.2) is 4.79 Å². The van der Waals surface area contributed by atoms with Crippen molar-refractivity contribution >= 4 is 11.9 Å². The Labute approximate surface area is 166 Å². The van der Waals surface area contributed by atoms with E-state index in [2.05, 4.69) is 10.4 Å². The summed E-state index contributed by atoms with van der Waals surface area (Å²) in [6, 6.07) is 0. The van der Waals surface area contributed by atoms with Crippen molar-refractivity contribution in [3.63, 3.8) is 0 Å². The van der Waals surface area contributed by atoms with Crippen LogP contribution in [0.3, 0.4) is 0 Å². The van der Waals surface area contributed by atoms with Crippen LogP contribution in [0.4, 0.5) is 0 Å². The standard InChI is InChI=1S/C20H33N3O5/c1-4-16-19-17(8-5-11-26-12-6-9-21-20(19)25)23(22-16)10-7-13-27-18(24)14-28-15(2)3/h15H,4-14H2,1-3H3,(H,21,25). The fraction of sp³-hybridized carbons (Fsp3) is 0.750. The number of fused-ring (bicyclic) bond motifs is 1. The zero-order valence-corrected chi connectivity index (χ0v) is 17.3. The minimum Gasteiger partial charge on any atom is -0.464 e. The summed E-state index contributed by atoms with van der Waals surface area (Å²) in [4.78, 5) is 24.3. The van der Waals surface area contributed by atoms with E-state index in [0.717, 1.165) is 30.7 Å². The number of hydrogen-bond donors (Lipinski definition) is 1. The SMILES string of the molecule is CCc1nn(CCCOC(=O)COC(C)C)c2c1C(=O)NCCCOCCC2. The average molecular weight is 396 g/mol. The first-order chi connectivity index (χ1) is 13.5. The third-order valence-corrected chi connectivity index (χ3v) is 4.46. The van der Waals surface area contributed by atoms with Gasteiger partial charge in [0.1, 0.15) is 6.61 Å². The lowest BCUT2D eigenvalue weighted by Crippen LogP contribution is -2.26. The smallest absolute Gasteiger partial charge is 0.332 e. The first-order valence-corrected chi connectivity index (χ1v) is 10.2. The van der Waals surface area contributed by atoms with Gasteiger partial charge < -0.3 is 19.5 Å². The molecule has 2 heterocycles. The molecule has 0 saturated heterocycles. The molecule has 0 fully saturated rings. The van der Waals surface area contributed by atoms with E-state index < -0.39 is 0 Å². The lowest BCUT2D eigenvalue weighted by molar-refractivity contribution is -0.150. The molecule has 28 heavy (non-hydrogen) atoms. The van der Waals surface area contributed by atoms with Crippen molar-refractivity contribution in [3.05, 3.63) is 17.0 Å². The summed E-state index contributed by atoms with van der Waals surface area (Å²) in [6.45, 7) is 8.54. The second kappa shape index (κ2) is 11.8. The minimum atomic E-state index is -0.362. The first-order valence-electron chi connectivity index (χ1n) is 10.2. The molecule has 1 aliphatic heterocycles. The van der Waals surface area contributed by atoms with Gasteiger partial charge in [-0.2, -0.15) is 5.10 Å². The third kappa shape index (κ3) is 6.91. The lowest BCUT2D eigenvalue weighted by Gasteiger charge is -2.10. The number of hydrogen-bond acceptors (Lipinski definition) is 6. The maximum absolute atomic E-state index is 12.7. The summed E-state index contributed by atoms with van der Waals surface area (Å²) >= 11 is 0. The number of aromatic nitrogens is 2. The highest BCUT2D eigenvalue weighted by atomic mass is 16.6. The van der Waals surface area contributed by atoms with Crippen molar-refractivity contribution in [2.75, 3.05) is 33.0 Å². The Balaban J connectivity index is 1.99. The van der Waals surface area contributed by atoms with E-state index in [1.54, 1.807) is 0 Å². The Morgan fingerprint density at radius 1 is 1.32 bits per heavy atom. The quantitative estimate of drug-likeness (QED) is 0.534. The normalized spacial score (nSPS) is 15.6. The zero-order chi connectivity index (χ0) is 20.4. The first kappa shape index (κ1) is 22.4. The maximum Gasteiger partial charge on any atom is 0.332 e. The third-order valence-electron chi connectivity index (χ3n) is 4.46. The van der Waals surface area contributed by atoms with Crippen LogP contribution in [0.1, 0.15) is 61.8 Å². The summed E-state index contributed by atoms with van der Waals surface area (Å²) in [7, 11) is 0. The van der Waals surface area contributed by atoms with Crippen molar-refractivity contribution in [3.8, 4) is 0 Å². The molecule has 0 saturated carbocycles. The molecule has 1 aromatic heterocycles. The molecule has 2 rings (SSSR count). The Morgan fingerprint density at radius 3 is 2.86 bits per heavy atom. The molecule has 1 aromatic rings. The van der Waals surface area contributed by atoms with Crippen LogP contribution in [0.5, 0.6) is 0 Å². The van der Waals surface area contributed by atoms with E-state index in [1.807, 2.05) is 25.5 Å². The van der Waals surface area contributed by atoms with E-state index in [9.17, 15) is 9.59 Å². The van der Waals surface area contributed by atoms with Crippen LogP contribution in [0.15, 0.2) is 0 Å². The highest BCUT2D eigenvalue weighted by Crippen LogP contribution is 2.19. The number of amides is 1. The molecule has 0 unspecified atom stereocenters. The highest BCUT2D eigenvalue weighted by molar-refractivity contribution is 5.96. The second-order valence-electron chi connectivity index (χ2n) is 7.10. The molecule has 1 N–H and O–H groups in total. The molecular weight excluding hydrogens is 362 g/mol. The fourth-order valence-corrected chi connectivity index (χ4v) is 3.09. The van der Waals surface area contributed by atoms with Gasteiger partial charge in [-0.1, -0.05) is 6.92 Å². The molecule has 0 bridgehead atoms. The van der Waals surface area contributed by atoms with Gasteiger partial charge in [-0.3, -0.25) is 9.48 Å². The predicted octanol–water partition coefficient (Wildman–Crippen LogP) is 1.89. The van der Waals surface area contributed by atoms with Gasteiger partial charge in [0, 0.05) is 32.7 Å². The summed E-state index contributed by atoms with van der Waals surface area (Å²) in [6.07, 6.45) is 3.71. The highest BCUT2D eigenvalue weighted by Gasteiger charge is 2.22. The molecule has 0 radical (unpaired) electrons. The van der Waals surface area contributed by atoms with Crippen LogP contribution in [-0.4, -0.2) is 60.7 Å². The summed E-state index contributed by atoms with van der Waals surface area (Å²) in [5.41, 5.74) is 2.45. The zero-order valence-electron chi connectivity index (χ0n) is 17.3. The summed E-state index contributed by atoms with van der Waals surface area (Å²) < 4.78 is 17.9. The molecule has 0 spiro atoms. The van der Waals surface area contributed by atoms with Crippen LogP contribution < -0.4 is 5.32 Å². The summed E-state index contributed by atoms with van der Waals surface area (Å²) in [5, 5.41) is 7.63. The van der Waals surface area contributed by atoms with Gasteiger partial charge in [0.2, 0.25) is 0 Å². The van der Waals surface area contributed by atoms with Crippen LogP contribution in [0.25, 0.3) is 0 Å². The Hall–Kier alpha value is -1.93. The number of nitrogens with zero attached hydrogens (tertiary/aromatic N) is 2. The van der Waals surface area contributed by atoms with E-state index >= 15 is 0 Å². The minimum absolute atomic E-state index is 0.00349. The number of carbonyl (C=O) groups excluding carboxylic acids is 2.